The van der Waals surface area contributed by atoms with Gasteiger partial charge < -0.3 is 4.90 Å². The first-order chi connectivity index (χ1) is 9.11. The van der Waals surface area contributed by atoms with Crippen LogP contribution in [0.1, 0.15) is 60.0 Å². The fourth-order valence-electron chi connectivity index (χ4n) is 2.98. The number of hydrogen-bond acceptors (Lipinski definition) is 1. The highest BCUT2D eigenvalue weighted by molar-refractivity contribution is 5.96. The van der Waals surface area contributed by atoms with Crippen molar-refractivity contribution in [3.63, 3.8) is 0 Å². The van der Waals surface area contributed by atoms with E-state index < -0.39 is 0 Å². The van der Waals surface area contributed by atoms with Crippen molar-refractivity contribution < 1.29 is 4.79 Å². The average Bonchev–Trinajstić information content (AvgIpc) is 2.69. The van der Waals surface area contributed by atoms with Crippen LogP contribution in [-0.2, 0) is 0 Å². The van der Waals surface area contributed by atoms with E-state index in [-0.39, 0.29) is 5.91 Å². The third-order valence-corrected chi connectivity index (χ3v) is 4.53. The van der Waals surface area contributed by atoms with Crippen molar-refractivity contribution in [1.29, 1.82) is 0 Å². The van der Waals surface area contributed by atoms with Gasteiger partial charge in [0, 0.05) is 18.7 Å². The molecule has 0 aromatic heterocycles. The van der Waals surface area contributed by atoms with Gasteiger partial charge in [-0.25, -0.2) is 0 Å². The molecule has 104 valence electrons. The molecular formula is C17H25NO. The molecule has 19 heavy (non-hydrogen) atoms. The molecule has 0 saturated heterocycles. The summed E-state index contributed by atoms with van der Waals surface area (Å²) in [6.45, 7) is 4.11. The van der Waals surface area contributed by atoms with Crippen LogP contribution in [0, 0.1) is 13.8 Å². The summed E-state index contributed by atoms with van der Waals surface area (Å²) in [5, 5.41) is 0. The molecule has 2 rings (SSSR count). The van der Waals surface area contributed by atoms with Crippen molar-refractivity contribution in [2.45, 2.75) is 58.4 Å². The van der Waals surface area contributed by atoms with Gasteiger partial charge in [-0.15, -0.1) is 0 Å². The largest absolute Gasteiger partial charge is 0.339 e. The van der Waals surface area contributed by atoms with Crippen LogP contribution in [0.2, 0.25) is 0 Å². The molecule has 0 spiro atoms. The van der Waals surface area contributed by atoms with E-state index in [1.54, 1.807) is 0 Å². The molecule has 0 radical (unpaired) electrons. The van der Waals surface area contributed by atoms with E-state index in [9.17, 15) is 4.79 Å². The Bertz CT molecular complexity index is 445. The Morgan fingerprint density at radius 2 is 1.74 bits per heavy atom. The molecule has 1 aromatic rings. The van der Waals surface area contributed by atoms with Gasteiger partial charge in [0.05, 0.1) is 0 Å². The number of carbonyl (C=O) groups excluding carboxylic acids is 1. The number of amides is 1. The van der Waals surface area contributed by atoms with Crippen LogP contribution < -0.4 is 0 Å². The maximum absolute atomic E-state index is 12.7. The van der Waals surface area contributed by atoms with E-state index >= 15 is 0 Å². The minimum atomic E-state index is 0.188. The van der Waals surface area contributed by atoms with Crippen molar-refractivity contribution in [1.82, 2.24) is 4.90 Å². The van der Waals surface area contributed by atoms with Gasteiger partial charge in [-0.3, -0.25) is 4.79 Å². The van der Waals surface area contributed by atoms with Crippen molar-refractivity contribution in [3.8, 4) is 0 Å². The lowest BCUT2D eigenvalue weighted by Gasteiger charge is -2.28. The van der Waals surface area contributed by atoms with Crippen LogP contribution in [0.5, 0.6) is 0 Å². The summed E-state index contributed by atoms with van der Waals surface area (Å²) in [4.78, 5) is 14.6. The van der Waals surface area contributed by atoms with Gasteiger partial charge in [0.15, 0.2) is 0 Å². The topological polar surface area (TPSA) is 20.3 Å². The lowest BCUT2D eigenvalue weighted by Crippen LogP contribution is -2.37. The first-order valence-corrected chi connectivity index (χ1v) is 7.44. The smallest absolute Gasteiger partial charge is 0.254 e. The standard InChI is InChI=1S/C17H25NO/c1-13-9-8-12-16(14(13)2)17(19)18(3)15-10-6-4-5-7-11-15/h8-9,12,15H,4-7,10-11H2,1-3H3. The lowest BCUT2D eigenvalue weighted by molar-refractivity contribution is 0.0717. The molecule has 1 fully saturated rings. The molecule has 1 aliphatic carbocycles. The molecule has 1 amide bonds. The van der Waals surface area contributed by atoms with Gasteiger partial charge in [-0.05, 0) is 43.9 Å². The second-order valence-corrected chi connectivity index (χ2v) is 5.81. The highest BCUT2D eigenvalue weighted by Gasteiger charge is 2.23. The Labute approximate surface area is 116 Å². The minimum Gasteiger partial charge on any atom is -0.339 e. The van der Waals surface area contributed by atoms with E-state index in [4.69, 9.17) is 0 Å². The van der Waals surface area contributed by atoms with Crippen LogP contribution in [-0.4, -0.2) is 23.9 Å². The third-order valence-electron chi connectivity index (χ3n) is 4.53. The summed E-state index contributed by atoms with van der Waals surface area (Å²) in [7, 11) is 1.97. The maximum atomic E-state index is 12.7. The second-order valence-electron chi connectivity index (χ2n) is 5.81. The molecule has 0 N–H and O–H groups in total. The first kappa shape index (κ1) is 14.1. The summed E-state index contributed by atoms with van der Waals surface area (Å²) >= 11 is 0. The van der Waals surface area contributed by atoms with Crippen LogP contribution in [0.25, 0.3) is 0 Å². The van der Waals surface area contributed by atoms with E-state index in [1.165, 1.54) is 31.2 Å². The zero-order valence-corrected chi connectivity index (χ0v) is 12.4. The summed E-state index contributed by atoms with van der Waals surface area (Å²) in [6, 6.07) is 6.43. The fourth-order valence-corrected chi connectivity index (χ4v) is 2.98. The van der Waals surface area contributed by atoms with Crippen LogP contribution in [0.4, 0.5) is 0 Å². The highest BCUT2D eigenvalue weighted by atomic mass is 16.2. The number of hydrogen-bond donors (Lipinski definition) is 0. The Morgan fingerprint density at radius 3 is 2.37 bits per heavy atom. The predicted octanol–water partition coefficient (Wildman–Crippen LogP) is 4.10. The summed E-state index contributed by atoms with van der Waals surface area (Å²) in [6.07, 6.45) is 7.48. The number of aryl methyl sites for hydroxylation is 1. The van der Waals surface area contributed by atoms with Gasteiger partial charge in [-0.2, -0.15) is 0 Å². The van der Waals surface area contributed by atoms with Crippen LogP contribution in [0.3, 0.4) is 0 Å². The number of carbonyl (C=O) groups is 1. The van der Waals surface area contributed by atoms with Gasteiger partial charge in [0.1, 0.15) is 0 Å². The molecule has 1 aliphatic rings. The molecular weight excluding hydrogens is 234 g/mol. The Hall–Kier alpha value is -1.31. The van der Waals surface area contributed by atoms with Crippen molar-refractivity contribution >= 4 is 5.91 Å². The SMILES string of the molecule is Cc1cccc(C(=O)N(C)C2CCCCCC2)c1C. The van der Waals surface area contributed by atoms with E-state index in [1.807, 2.05) is 31.0 Å². The monoisotopic (exact) mass is 259 g/mol. The number of nitrogens with zero attached hydrogens (tertiary/aromatic N) is 1. The van der Waals surface area contributed by atoms with Gasteiger partial charge in [-0.1, -0.05) is 37.8 Å². The lowest BCUT2D eigenvalue weighted by atomic mass is 10.0. The zero-order chi connectivity index (χ0) is 13.8. The molecule has 0 bridgehead atoms. The molecule has 0 aliphatic heterocycles. The van der Waals surface area contributed by atoms with Crippen molar-refractivity contribution in [3.05, 3.63) is 34.9 Å². The molecule has 1 saturated carbocycles. The molecule has 2 heteroatoms. The fraction of sp³-hybridized carbons (Fsp3) is 0.588. The quantitative estimate of drug-likeness (QED) is 0.732. The zero-order valence-electron chi connectivity index (χ0n) is 12.4. The van der Waals surface area contributed by atoms with Crippen LogP contribution in [0.15, 0.2) is 18.2 Å². The Morgan fingerprint density at radius 1 is 1.11 bits per heavy atom. The van der Waals surface area contributed by atoms with E-state index in [0.717, 1.165) is 24.0 Å². The van der Waals surface area contributed by atoms with Gasteiger partial charge in [0.25, 0.3) is 5.91 Å². The van der Waals surface area contributed by atoms with Gasteiger partial charge in [0.2, 0.25) is 0 Å². The molecule has 0 atom stereocenters. The highest BCUT2D eigenvalue weighted by Crippen LogP contribution is 2.23. The van der Waals surface area contributed by atoms with E-state index in [2.05, 4.69) is 13.0 Å². The molecule has 1 aromatic carbocycles. The normalized spacial score (nSPS) is 17.0. The maximum Gasteiger partial charge on any atom is 0.254 e. The number of benzene rings is 1. The number of rotatable bonds is 2. The van der Waals surface area contributed by atoms with E-state index in [0.29, 0.717) is 6.04 Å². The third kappa shape index (κ3) is 3.17. The Balaban J connectivity index is 2.15. The predicted molar refractivity (Wildman–Crippen MR) is 79.5 cm³/mol. The first-order valence-electron chi connectivity index (χ1n) is 7.44. The summed E-state index contributed by atoms with van der Waals surface area (Å²) < 4.78 is 0. The molecule has 0 heterocycles. The summed E-state index contributed by atoms with van der Waals surface area (Å²) in [5.41, 5.74) is 3.18. The van der Waals surface area contributed by atoms with Crippen LogP contribution >= 0.6 is 0 Å². The van der Waals surface area contributed by atoms with Crippen molar-refractivity contribution in [2.24, 2.45) is 0 Å². The average molecular weight is 259 g/mol. The second kappa shape index (κ2) is 6.23. The molecule has 0 unspecified atom stereocenters. The Kier molecular flexibility index (Phi) is 4.62. The van der Waals surface area contributed by atoms with Crippen molar-refractivity contribution in [2.75, 3.05) is 7.05 Å². The minimum absolute atomic E-state index is 0.188. The summed E-state index contributed by atoms with van der Waals surface area (Å²) in [5.74, 6) is 0.188. The van der Waals surface area contributed by atoms with Gasteiger partial charge >= 0.3 is 0 Å². The molecule has 2 nitrogen and oxygen atoms in total.